The van der Waals surface area contributed by atoms with Gasteiger partial charge >= 0.3 is 0 Å². The van der Waals surface area contributed by atoms with E-state index in [9.17, 15) is 4.79 Å². The standard InChI is InChI=1S/C19H20N2OS2/c1-3-21(16-9-8-15(13-22)14(2)12-16)10-11-23-19-20-17-6-4-5-7-18(17)24-19/h4-9,12-13H,3,10-11H2,1-2H3. The first kappa shape index (κ1) is 17.0. The Hall–Kier alpha value is -1.85. The molecule has 3 nitrogen and oxygen atoms in total. The monoisotopic (exact) mass is 356 g/mol. The summed E-state index contributed by atoms with van der Waals surface area (Å²) >= 11 is 3.56. The van der Waals surface area contributed by atoms with Gasteiger partial charge in [0, 0.05) is 30.1 Å². The van der Waals surface area contributed by atoms with Crippen LogP contribution in [0, 0.1) is 6.92 Å². The van der Waals surface area contributed by atoms with E-state index in [0.717, 1.165) is 46.1 Å². The molecule has 1 heterocycles. The van der Waals surface area contributed by atoms with E-state index < -0.39 is 0 Å². The van der Waals surface area contributed by atoms with E-state index in [4.69, 9.17) is 0 Å². The maximum Gasteiger partial charge on any atom is 0.151 e. The highest BCUT2D eigenvalue weighted by Gasteiger charge is 2.08. The average molecular weight is 357 g/mol. The smallest absolute Gasteiger partial charge is 0.151 e. The second-order valence-corrected chi connectivity index (χ2v) is 7.91. The number of aryl methyl sites for hydroxylation is 1. The third kappa shape index (κ3) is 3.79. The maximum absolute atomic E-state index is 11.0. The molecule has 124 valence electrons. The van der Waals surface area contributed by atoms with Gasteiger partial charge in [-0.1, -0.05) is 23.9 Å². The van der Waals surface area contributed by atoms with Gasteiger partial charge in [0.2, 0.25) is 0 Å². The highest BCUT2D eigenvalue weighted by molar-refractivity contribution is 8.01. The number of aromatic nitrogens is 1. The molecule has 0 saturated heterocycles. The Labute approximate surface area is 150 Å². The quantitative estimate of drug-likeness (QED) is 0.439. The molecule has 0 aliphatic carbocycles. The molecule has 5 heteroatoms. The number of anilines is 1. The third-order valence-corrected chi connectivity index (χ3v) is 6.15. The number of carbonyl (C=O) groups is 1. The van der Waals surface area contributed by atoms with Gasteiger partial charge in [0.1, 0.15) is 6.29 Å². The molecular formula is C19H20N2OS2. The van der Waals surface area contributed by atoms with Crippen LogP contribution in [0.15, 0.2) is 46.8 Å². The van der Waals surface area contributed by atoms with Crippen molar-refractivity contribution in [3.63, 3.8) is 0 Å². The van der Waals surface area contributed by atoms with Crippen LogP contribution in [0.3, 0.4) is 0 Å². The summed E-state index contributed by atoms with van der Waals surface area (Å²) in [5, 5.41) is 0. The molecule has 0 fully saturated rings. The number of thiazole rings is 1. The van der Waals surface area contributed by atoms with E-state index in [1.54, 1.807) is 23.1 Å². The molecule has 3 rings (SSSR count). The number of para-hydroxylation sites is 1. The number of aldehydes is 1. The Morgan fingerprint density at radius 2 is 2.08 bits per heavy atom. The summed E-state index contributed by atoms with van der Waals surface area (Å²) in [5.74, 6) is 0.988. The summed E-state index contributed by atoms with van der Waals surface area (Å²) in [6.45, 7) is 6.04. The molecule has 0 radical (unpaired) electrons. The molecule has 0 aliphatic heterocycles. The zero-order valence-electron chi connectivity index (χ0n) is 13.9. The van der Waals surface area contributed by atoms with Gasteiger partial charge in [-0.3, -0.25) is 4.79 Å². The minimum Gasteiger partial charge on any atom is -0.371 e. The molecule has 0 aliphatic rings. The van der Waals surface area contributed by atoms with Crippen molar-refractivity contribution in [1.29, 1.82) is 0 Å². The lowest BCUT2D eigenvalue weighted by Crippen LogP contribution is -2.25. The van der Waals surface area contributed by atoms with Crippen LogP contribution in [0.1, 0.15) is 22.8 Å². The van der Waals surface area contributed by atoms with Gasteiger partial charge in [0.05, 0.1) is 10.2 Å². The number of thioether (sulfide) groups is 1. The number of nitrogens with zero attached hydrogens (tertiary/aromatic N) is 2. The van der Waals surface area contributed by atoms with Gasteiger partial charge in [0.25, 0.3) is 0 Å². The minimum atomic E-state index is 0.763. The fourth-order valence-corrected chi connectivity index (χ4v) is 4.72. The first-order chi connectivity index (χ1) is 11.7. The first-order valence-electron chi connectivity index (χ1n) is 8.00. The van der Waals surface area contributed by atoms with Crippen molar-refractivity contribution in [2.45, 2.75) is 18.2 Å². The number of carbonyl (C=O) groups excluding carboxylic acids is 1. The molecule has 0 N–H and O–H groups in total. The first-order valence-corrected chi connectivity index (χ1v) is 9.80. The average Bonchev–Trinajstić information content (AvgIpc) is 3.01. The van der Waals surface area contributed by atoms with Crippen LogP contribution < -0.4 is 4.90 Å². The van der Waals surface area contributed by atoms with Crippen molar-refractivity contribution in [3.05, 3.63) is 53.6 Å². The van der Waals surface area contributed by atoms with Crippen molar-refractivity contribution in [3.8, 4) is 0 Å². The molecule has 0 amide bonds. The van der Waals surface area contributed by atoms with Gasteiger partial charge in [-0.05, 0) is 49.7 Å². The molecule has 3 aromatic rings. The van der Waals surface area contributed by atoms with Crippen molar-refractivity contribution in [2.24, 2.45) is 0 Å². The van der Waals surface area contributed by atoms with Gasteiger partial charge in [-0.25, -0.2) is 4.98 Å². The minimum absolute atomic E-state index is 0.763. The topological polar surface area (TPSA) is 33.2 Å². The van der Waals surface area contributed by atoms with Crippen molar-refractivity contribution >= 4 is 45.3 Å². The second kappa shape index (κ2) is 7.81. The SMILES string of the molecule is CCN(CCSc1nc2ccccc2s1)c1ccc(C=O)c(C)c1. The van der Waals surface area contributed by atoms with Gasteiger partial charge in [-0.2, -0.15) is 0 Å². The predicted octanol–water partition coefficient (Wildman–Crippen LogP) is 5.04. The number of fused-ring (bicyclic) bond motifs is 1. The highest BCUT2D eigenvalue weighted by atomic mass is 32.2. The van der Waals surface area contributed by atoms with Crippen LogP contribution in [0.25, 0.3) is 10.2 Å². The third-order valence-electron chi connectivity index (χ3n) is 3.99. The van der Waals surface area contributed by atoms with E-state index in [0.29, 0.717) is 0 Å². The fraction of sp³-hybridized carbons (Fsp3) is 0.263. The number of hydrogen-bond acceptors (Lipinski definition) is 5. The van der Waals surface area contributed by atoms with Crippen LogP contribution >= 0.6 is 23.1 Å². The van der Waals surface area contributed by atoms with Crippen LogP contribution in [-0.2, 0) is 0 Å². The van der Waals surface area contributed by atoms with Crippen molar-refractivity contribution < 1.29 is 4.79 Å². The molecule has 0 spiro atoms. The van der Waals surface area contributed by atoms with E-state index in [-0.39, 0.29) is 0 Å². The summed E-state index contributed by atoms with van der Waals surface area (Å²) in [4.78, 5) is 18.0. The summed E-state index contributed by atoms with van der Waals surface area (Å²) in [5.41, 5.74) is 4.04. The van der Waals surface area contributed by atoms with E-state index in [2.05, 4.69) is 41.1 Å². The molecule has 24 heavy (non-hydrogen) atoms. The molecule has 0 unspecified atom stereocenters. The van der Waals surface area contributed by atoms with E-state index in [1.165, 1.54) is 10.4 Å². The van der Waals surface area contributed by atoms with Crippen molar-refractivity contribution in [1.82, 2.24) is 4.98 Å². The van der Waals surface area contributed by atoms with Crippen LogP contribution in [0.2, 0.25) is 0 Å². The summed E-state index contributed by atoms with van der Waals surface area (Å²) in [6.07, 6.45) is 0.915. The largest absolute Gasteiger partial charge is 0.371 e. The van der Waals surface area contributed by atoms with E-state index >= 15 is 0 Å². The predicted molar refractivity (Wildman–Crippen MR) is 105 cm³/mol. The Morgan fingerprint density at radius 1 is 1.25 bits per heavy atom. The second-order valence-electron chi connectivity index (χ2n) is 5.53. The van der Waals surface area contributed by atoms with Gasteiger partial charge < -0.3 is 4.90 Å². The van der Waals surface area contributed by atoms with Crippen molar-refractivity contribution in [2.75, 3.05) is 23.7 Å². The lowest BCUT2D eigenvalue weighted by molar-refractivity contribution is 0.112. The number of hydrogen-bond donors (Lipinski definition) is 0. The maximum atomic E-state index is 11.0. The van der Waals surface area contributed by atoms with Crippen LogP contribution in [0.5, 0.6) is 0 Å². The lowest BCUT2D eigenvalue weighted by atomic mass is 10.1. The fourth-order valence-electron chi connectivity index (χ4n) is 2.61. The Morgan fingerprint density at radius 3 is 2.79 bits per heavy atom. The zero-order valence-corrected chi connectivity index (χ0v) is 15.5. The number of rotatable bonds is 7. The highest BCUT2D eigenvalue weighted by Crippen LogP contribution is 2.29. The Bertz CT molecular complexity index is 811. The zero-order chi connectivity index (χ0) is 16.9. The molecule has 2 aromatic carbocycles. The number of benzene rings is 2. The molecule has 0 atom stereocenters. The summed E-state index contributed by atoms with van der Waals surface area (Å²) in [7, 11) is 0. The summed E-state index contributed by atoms with van der Waals surface area (Å²) in [6, 6.07) is 14.3. The van der Waals surface area contributed by atoms with Gasteiger partial charge in [0.15, 0.2) is 4.34 Å². The van der Waals surface area contributed by atoms with Crippen LogP contribution in [0.4, 0.5) is 5.69 Å². The molecule has 0 bridgehead atoms. The molecule has 1 aromatic heterocycles. The molecule has 0 saturated carbocycles. The van der Waals surface area contributed by atoms with Gasteiger partial charge in [-0.15, -0.1) is 11.3 Å². The molecular weight excluding hydrogens is 336 g/mol. The van der Waals surface area contributed by atoms with Crippen LogP contribution in [-0.4, -0.2) is 30.1 Å². The Balaban J connectivity index is 1.63. The Kier molecular flexibility index (Phi) is 5.53. The normalized spacial score (nSPS) is 10.9. The summed E-state index contributed by atoms with van der Waals surface area (Å²) < 4.78 is 2.37. The van der Waals surface area contributed by atoms with E-state index in [1.807, 2.05) is 25.1 Å². The lowest BCUT2D eigenvalue weighted by Gasteiger charge is -2.23.